The second-order valence-corrected chi connectivity index (χ2v) is 4.29. The minimum atomic E-state index is -0.216. The van der Waals surface area contributed by atoms with Crippen molar-refractivity contribution < 1.29 is 14.3 Å². The number of carbonyl (C=O) groups is 1. The molecular weight excluding hydrogens is 194 g/mol. The van der Waals surface area contributed by atoms with Crippen molar-refractivity contribution in [1.82, 2.24) is 4.90 Å². The van der Waals surface area contributed by atoms with Crippen LogP contribution in [0, 0.1) is 0 Å². The zero-order valence-electron chi connectivity index (χ0n) is 10.0. The molecule has 1 heterocycles. The number of morpholine rings is 1. The van der Waals surface area contributed by atoms with Crippen LogP contribution < -0.4 is 0 Å². The lowest BCUT2D eigenvalue weighted by Crippen LogP contribution is -2.51. The van der Waals surface area contributed by atoms with Crippen molar-refractivity contribution in [2.75, 3.05) is 13.2 Å². The normalized spacial score (nSPS) is 26.9. The number of hydrogen-bond donors (Lipinski definition) is 0. The summed E-state index contributed by atoms with van der Waals surface area (Å²) >= 11 is 0. The molecule has 88 valence electrons. The molecule has 0 spiro atoms. The minimum absolute atomic E-state index is 0.0619. The molecule has 0 bridgehead atoms. The van der Waals surface area contributed by atoms with Gasteiger partial charge in [-0.25, -0.2) is 4.79 Å². The van der Waals surface area contributed by atoms with E-state index in [1.165, 1.54) is 0 Å². The fourth-order valence-electron chi connectivity index (χ4n) is 1.68. The summed E-state index contributed by atoms with van der Waals surface area (Å²) in [6.45, 7) is 9.00. The van der Waals surface area contributed by atoms with Gasteiger partial charge in [0.05, 0.1) is 31.4 Å². The topological polar surface area (TPSA) is 38.8 Å². The first kappa shape index (κ1) is 12.3. The predicted octanol–water partition coefficient (Wildman–Crippen LogP) is 2.03. The first-order chi connectivity index (χ1) is 7.04. The van der Waals surface area contributed by atoms with Gasteiger partial charge in [0.1, 0.15) is 0 Å². The molecule has 2 atom stereocenters. The Morgan fingerprint density at radius 2 is 2.27 bits per heavy atom. The van der Waals surface area contributed by atoms with Gasteiger partial charge in [-0.15, -0.1) is 0 Å². The first-order valence-corrected chi connectivity index (χ1v) is 5.63. The van der Waals surface area contributed by atoms with E-state index in [2.05, 4.69) is 6.92 Å². The number of hydrogen-bond acceptors (Lipinski definition) is 3. The average molecular weight is 215 g/mol. The van der Waals surface area contributed by atoms with Crippen LogP contribution in [0.2, 0.25) is 0 Å². The molecule has 0 saturated carbocycles. The highest BCUT2D eigenvalue weighted by Gasteiger charge is 2.30. The van der Waals surface area contributed by atoms with Gasteiger partial charge in [-0.2, -0.15) is 0 Å². The molecule has 2 unspecified atom stereocenters. The van der Waals surface area contributed by atoms with E-state index in [4.69, 9.17) is 9.47 Å². The van der Waals surface area contributed by atoms with Crippen LogP contribution in [0.4, 0.5) is 4.79 Å². The molecule has 0 aromatic heterocycles. The molecule has 4 heteroatoms. The Kier molecular flexibility index (Phi) is 4.39. The Bertz CT molecular complexity index is 218. The van der Waals surface area contributed by atoms with Gasteiger partial charge in [0.2, 0.25) is 0 Å². The lowest BCUT2D eigenvalue weighted by atomic mass is 10.1. The van der Waals surface area contributed by atoms with Crippen molar-refractivity contribution in [1.29, 1.82) is 0 Å². The van der Waals surface area contributed by atoms with Crippen molar-refractivity contribution in [2.45, 2.75) is 52.4 Å². The molecule has 1 rings (SSSR count). The van der Waals surface area contributed by atoms with Crippen LogP contribution in [-0.2, 0) is 9.47 Å². The summed E-state index contributed by atoms with van der Waals surface area (Å²) < 4.78 is 10.7. The van der Waals surface area contributed by atoms with Crippen molar-refractivity contribution in [3.8, 4) is 0 Å². The highest BCUT2D eigenvalue weighted by Crippen LogP contribution is 2.16. The Labute approximate surface area is 91.5 Å². The second kappa shape index (κ2) is 5.35. The van der Waals surface area contributed by atoms with Gasteiger partial charge in [0.25, 0.3) is 0 Å². The number of nitrogens with zero attached hydrogens (tertiary/aromatic N) is 1. The predicted molar refractivity (Wildman–Crippen MR) is 57.8 cm³/mol. The number of amides is 1. The molecule has 1 aliphatic rings. The van der Waals surface area contributed by atoms with Crippen LogP contribution in [0.3, 0.4) is 0 Å². The number of carbonyl (C=O) groups excluding carboxylic acids is 1. The lowest BCUT2D eigenvalue weighted by molar-refractivity contribution is -0.0547. The number of ether oxygens (including phenoxy) is 2. The zero-order valence-corrected chi connectivity index (χ0v) is 10.0. The summed E-state index contributed by atoms with van der Waals surface area (Å²) in [6, 6.07) is 0.160. The maximum Gasteiger partial charge on any atom is 0.410 e. The molecule has 0 radical (unpaired) electrons. The van der Waals surface area contributed by atoms with Crippen molar-refractivity contribution in [3.63, 3.8) is 0 Å². The lowest BCUT2D eigenvalue weighted by Gasteiger charge is -2.37. The SMILES string of the molecule is CCC1COC(C)CN1C(=O)OC(C)C. The van der Waals surface area contributed by atoms with Gasteiger partial charge in [-0.3, -0.25) is 0 Å². The van der Waals surface area contributed by atoms with E-state index in [9.17, 15) is 4.79 Å². The fourth-order valence-corrected chi connectivity index (χ4v) is 1.68. The molecule has 0 N–H and O–H groups in total. The smallest absolute Gasteiger partial charge is 0.410 e. The van der Waals surface area contributed by atoms with Gasteiger partial charge in [-0.05, 0) is 27.2 Å². The molecule has 4 nitrogen and oxygen atoms in total. The standard InChI is InChI=1S/C11H21NO3/c1-5-10-7-14-9(4)6-12(10)11(13)15-8(2)3/h8-10H,5-7H2,1-4H3. The minimum Gasteiger partial charge on any atom is -0.447 e. The summed E-state index contributed by atoms with van der Waals surface area (Å²) in [5.74, 6) is 0. The van der Waals surface area contributed by atoms with E-state index >= 15 is 0 Å². The van der Waals surface area contributed by atoms with E-state index in [1.807, 2.05) is 20.8 Å². The van der Waals surface area contributed by atoms with E-state index in [1.54, 1.807) is 4.90 Å². The third-order valence-electron chi connectivity index (χ3n) is 2.51. The van der Waals surface area contributed by atoms with Crippen LogP contribution in [0.15, 0.2) is 0 Å². The van der Waals surface area contributed by atoms with Crippen LogP contribution in [0.1, 0.15) is 34.1 Å². The molecular formula is C11H21NO3. The largest absolute Gasteiger partial charge is 0.447 e. The Morgan fingerprint density at radius 1 is 1.60 bits per heavy atom. The van der Waals surface area contributed by atoms with Crippen molar-refractivity contribution in [2.24, 2.45) is 0 Å². The summed E-state index contributed by atoms with van der Waals surface area (Å²) in [5.41, 5.74) is 0. The maximum atomic E-state index is 11.8. The van der Waals surface area contributed by atoms with Crippen molar-refractivity contribution >= 4 is 6.09 Å². The summed E-state index contributed by atoms with van der Waals surface area (Å²) in [4.78, 5) is 13.6. The number of rotatable bonds is 2. The second-order valence-electron chi connectivity index (χ2n) is 4.29. The molecule has 1 fully saturated rings. The zero-order chi connectivity index (χ0) is 11.4. The average Bonchev–Trinajstić information content (AvgIpc) is 2.16. The van der Waals surface area contributed by atoms with Crippen LogP contribution >= 0.6 is 0 Å². The van der Waals surface area contributed by atoms with E-state index in [0.29, 0.717) is 13.2 Å². The highest BCUT2D eigenvalue weighted by molar-refractivity contribution is 5.68. The van der Waals surface area contributed by atoms with E-state index < -0.39 is 0 Å². The maximum absolute atomic E-state index is 11.8. The van der Waals surface area contributed by atoms with E-state index in [-0.39, 0.29) is 24.3 Å². The molecule has 0 aromatic rings. The first-order valence-electron chi connectivity index (χ1n) is 5.63. The van der Waals surface area contributed by atoms with Gasteiger partial charge in [-0.1, -0.05) is 6.92 Å². The highest BCUT2D eigenvalue weighted by atomic mass is 16.6. The Morgan fingerprint density at radius 3 is 2.80 bits per heavy atom. The van der Waals surface area contributed by atoms with Gasteiger partial charge >= 0.3 is 6.09 Å². The quantitative estimate of drug-likeness (QED) is 0.707. The Hall–Kier alpha value is -0.770. The van der Waals surface area contributed by atoms with E-state index in [0.717, 1.165) is 6.42 Å². The molecule has 0 aliphatic carbocycles. The Balaban J connectivity index is 2.58. The van der Waals surface area contributed by atoms with Crippen LogP contribution in [0.25, 0.3) is 0 Å². The van der Waals surface area contributed by atoms with Crippen LogP contribution in [0.5, 0.6) is 0 Å². The van der Waals surface area contributed by atoms with Crippen LogP contribution in [-0.4, -0.2) is 42.4 Å². The summed E-state index contributed by atoms with van der Waals surface area (Å²) in [6.07, 6.45) is 0.729. The monoisotopic (exact) mass is 215 g/mol. The van der Waals surface area contributed by atoms with Gasteiger partial charge in [0.15, 0.2) is 0 Å². The molecule has 1 amide bonds. The fraction of sp³-hybridized carbons (Fsp3) is 0.909. The van der Waals surface area contributed by atoms with Gasteiger partial charge in [0, 0.05) is 0 Å². The van der Waals surface area contributed by atoms with Gasteiger partial charge < -0.3 is 14.4 Å². The van der Waals surface area contributed by atoms with Crippen molar-refractivity contribution in [3.05, 3.63) is 0 Å². The molecule has 1 aliphatic heterocycles. The summed E-state index contributed by atoms with van der Waals surface area (Å²) in [5, 5.41) is 0. The molecule has 0 aromatic carbocycles. The molecule has 15 heavy (non-hydrogen) atoms. The third-order valence-corrected chi connectivity index (χ3v) is 2.51. The third kappa shape index (κ3) is 3.38. The summed E-state index contributed by atoms with van der Waals surface area (Å²) in [7, 11) is 0. The molecule has 1 saturated heterocycles.